The van der Waals surface area contributed by atoms with E-state index in [2.05, 4.69) is 66.7 Å². The monoisotopic (exact) mass is 338 g/mol. The van der Waals surface area contributed by atoms with E-state index >= 15 is 0 Å². The van der Waals surface area contributed by atoms with Crippen LogP contribution in [0.5, 0.6) is 0 Å². The normalized spacial score (nSPS) is 23.6. The van der Waals surface area contributed by atoms with Crippen molar-refractivity contribution in [1.29, 1.82) is 0 Å². The molecule has 2 rings (SSSR count). The molecule has 0 saturated heterocycles. The number of halogens is 1. The molecule has 3 heteroatoms. The lowest BCUT2D eigenvalue weighted by Crippen LogP contribution is -2.27. The van der Waals surface area contributed by atoms with Crippen molar-refractivity contribution in [3.8, 4) is 0 Å². The Labute approximate surface area is 128 Å². The van der Waals surface area contributed by atoms with E-state index in [1.165, 1.54) is 23.2 Å². The minimum atomic E-state index is -0.283. The summed E-state index contributed by atoms with van der Waals surface area (Å²) in [5.74, 6) is 0.917. The molecule has 0 aromatic heterocycles. The van der Waals surface area contributed by atoms with Crippen molar-refractivity contribution < 1.29 is 4.18 Å². The van der Waals surface area contributed by atoms with E-state index in [1.54, 1.807) is 0 Å². The second kappa shape index (κ2) is 6.29. The molecule has 102 valence electrons. The van der Waals surface area contributed by atoms with Gasteiger partial charge in [0.2, 0.25) is 0 Å². The summed E-state index contributed by atoms with van der Waals surface area (Å²) >= 11 is 5.03. The molecule has 0 amide bonds. The molecular formula is C16H19BrOS. The SMILES string of the molecule is C=C(C)C[C@]1(c2ccc(Br)cc2)CC(C)=CCSO1. The summed E-state index contributed by atoms with van der Waals surface area (Å²) in [5, 5.41) is 0. The van der Waals surface area contributed by atoms with Gasteiger partial charge >= 0.3 is 0 Å². The fourth-order valence-corrected chi connectivity index (χ4v) is 3.59. The molecule has 1 aliphatic heterocycles. The number of hydrogen-bond donors (Lipinski definition) is 0. The van der Waals surface area contributed by atoms with Crippen LogP contribution >= 0.6 is 28.0 Å². The van der Waals surface area contributed by atoms with Gasteiger partial charge in [-0.25, -0.2) is 0 Å². The zero-order valence-corrected chi connectivity index (χ0v) is 13.8. The Bertz CT molecular complexity index is 492. The van der Waals surface area contributed by atoms with E-state index in [4.69, 9.17) is 4.18 Å². The maximum absolute atomic E-state index is 6.19. The first-order valence-corrected chi connectivity index (χ1v) is 8.09. The lowest BCUT2D eigenvalue weighted by Gasteiger charge is -2.33. The second-order valence-electron chi connectivity index (χ2n) is 5.23. The van der Waals surface area contributed by atoms with E-state index in [0.717, 1.165) is 28.6 Å². The highest BCUT2D eigenvalue weighted by Gasteiger charge is 2.35. The van der Waals surface area contributed by atoms with Crippen LogP contribution in [0.15, 0.2) is 52.5 Å². The maximum atomic E-state index is 6.19. The van der Waals surface area contributed by atoms with Gasteiger partial charge in [0.05, 0.1) is 0 Å². The molecule has 0 bridgehead atoms. The van der Waals surface area contributed by atoms with Crippen LogP contribution in [0.1, 0.15) is 32.3 Å². The van der Waals surface area contributed by atoms with Crippen molar-refractivity contribution >= 4 is 28.0 Å². The molecule has 0 radical (unpaired) electrons. The molecule has 0 N–H and O–H groups in total. The third-order valence-electron chi connectivity index (χ3n) is 3.24. The Morgan fingerprint density at radius 1 is 1.42 bits per heavy atom. The Balaban J connectivity index is 2.41. The average molecular weight is 339 g/mol. The Kier molecular flexibility index (Phi) is 4.93. The quantitative estimate of drug-likeness (QED) is 0.522. The third-order valence-corrected chi connectivity index (χ3v) is 4.51. The minimum absolute atomic E-state index is 0.283. The van der Waals surface area contributed by atoms with E-state index < -0.39 is 0 Å². The van der Waals surface area contributed by atoms with Crippen LogP contribution in [-0.4, -0.2) is 5.75 Å². The van der Waals surface area contributed by atoms with Crippen LogP contribution in [0.25, 0.3) is 0 Å². The van der Waals surface area contributed by atoms with Gasteiger partial charge < -0.3 is 4.18 Å². The smallest absolute Gasteiger partial charge is 0.115 e. The summed E-state index contributed by atoms with van der Waals surface area (Å²) in [4.78, 5) is 0. The van der Waals surface area contributed by atoms with Gasteiger partial charge in [-0.05, 0) is 43.6 Å². The van der Waals surface area contributed by atoms with Crippen molar-refractivity contribution in [1.82, 2.24) is 0 Å². The van der Waals surface area contributed by atoms with Crippen molar-refractivity contribution in [2.45, 2.75) is 32.3 Å². The molecule has 1 aliphatic rings. The molecule has 0 spiro atoms. The summed E-state index contributed by atoms with van der Waals surface area (Å²) in [6.07, 6.45) is 4.03. The molecule has 1 atom stereocenters. The molecule has 0 unspecified atom stereocenters. The van der Waals surface area contributed by atoms with Gasteiger partial charge in [0.25, 0.3) is 0 Å². The summed E-state index contributed by atoms with van der Waals surface area (Å²) in [7, 11) is 0. The number of rotatable bonds is 3. The number of hydrogen-bond acceptors (Lipinski definition) is 2. The molecule has 0 fully saturated rings. The molecule has 1 aromatic rings. The van der Waals surface area contributed by atoms with Gasteiger partial charge in [0.1, 0.15) is 5.60 Å². The summed E-state index contributed by atoms with van der Waals surface area (Å²) in [6, 6.07) is 8.44. The molecule has 1 nitrogen and oxygen atoms in total. The fourth-order valence-electron chi connectivity index (χ4n) is 2.46. The van der Waals surface area contributed by atoms with Crippen LogP contribution in [0.2, 0.25) is 0 Å². The van der Waals surface area contributed by atoms with Crippen LogP contribution in [0.4, 0.5) is 0 Å². The summed E-state index contributed by atoms with van der Waals surface area (Å²) in [5.41, 5.74) is 3.47. The lowest BCUT2D eigenvalue weighted by atomic mass is 9.82. The van der Waals surface area contributed by atoms with Gasteiger partial charge in [0, 0.05) is 23.1 Å². The van der Waals surface area contributed by atoms with E-state index in [0.29, 0.717) is 0 Å². The van der Waals surface area contributed by atoms with Gasteiger partial charge in [-0.1, -0.05) is 45.3 Å². The van der Waals surface area contributed by atoms with E-state index in [-0.39, 0.29) is 5.60 Å². The van der Waals surface area contributed by atoms with Crippen LogP contribution in [0.3, 0.4) is 0 Å². The molecule has 1 aromatic carbocycles. The molecular weight excluding hydrogens is 320 g/mol. The third kappa shape index (κ3) is 3.74. The van der Waals surface area contributed by atoms with Crippen LogP contribution < -0.4 is 0 Å². The van der Waals surface area contributed by atoms with Crippen molar-refractivity contribution in [2.24, 2.45) is 0 Å². The lowest BCUT2D eigenvalue weighted by molar-refractivity contribution is 0.0959. The second-order valence-corrected chi connectivity index (χ2v) is 6.88. The summed E-state index contributed by atoms with van der Waals surface area (Å²) < 4.78 is 7.28. The van der Waals surface area contributed by atoms with Gasteiger partial charge in [-0.15, -0.1) is 6.58 Å². The van der Waals surface area contributed by atoms with Gasteiger partial charge in [-0.3, -0.25) is 0 Å². The van der Waals surface area contributed by atoms with Gasteiger partial charge in [-0.2, -0.15) is 0 Å². The van der Waals surface area contributed by atoms with E-state index in [9.17, 15) is 0 Å². The Morgan fingerprint density at radius 2 is 2.11 bits per heavy atom. The zero-order chi connectivity index (χ0) is 13.9. The Hall–Kier alpha value is -0.510. The zero-order valence-electron chi connectivity index (χ0n) is 11.4. The van der Waals surface area contributed by atoms with Crippen molar-refractivity contribution in [2.75, 3.05) is 5.75 Å². The fraction of sp³-hybridized carbons (Fsp3) is 0.375. The van der Waals surface area contributed by atoms with Crippen LogP contribution in [0, 0.1) is 0 Å². The largest absolute Gasteiger partial charge is 0.303 e. The highest BCUT2D eigenvalue weighted by atomic mass is 79.9. The minimum Gasteiger partial charge on any atom is -0.303 e. The molecule has 0 aliphatic carbocycles. The van der Waals surface area contributed by atoms with Gasteiger partial charge in [0.15, 0.2) is 0 Å². The maximum Gasteiger partial charge on any atom is 0.115 e. The van der Waals surface area contributed by atoms with Crippen molar-refractivity contribution in [3.05, 3.63) is 58.1 Å². The van der Waals surface area contributed by atoms with Crippen LogP contribution in [-0.2, 0) is 9.78 Å². The van der Waals surface area contributed by atoms with Crippen molar-refractivity contribution in [3.63, 3.8) is 0 Å². The molecule has 0 saturated carbocycles. The Morgan fingerprint density at radius 3 is 2.74 bits per heavy atom. The van der Waals surface area contributed by atoms with E-state index in [1.807, 2.05) is 0 Å². The standard InChI is InChI=1S/C16H19BrOS/c1-12(2)10-16(11-13(3)8-9-19-18-16)14-4-6-15(17)7-5-14/h4-8H,1,9-11H2,2-3H3/t16-/m1/s1. The first kappa shape index (κ1) is 14.9. The first-order chi connectivity index (χ1) is 9.02. The summed E-state index contributed by atoms with van der Waals surface area (Å²) in [6.45, 7) is 8.32. The first-order valence-electron chi connectivity index (χ1n) is 6.38. The average Bonchev–Trinajstić information content (AvgIpc) is 2.52. The highest BCUT2D eigenvalue weighted by Crippen LogP contribution is 2.43. The predicted molar refractivity (Wildman–Crippen MR) is 87.2 cm³/mol. The number of benzene rings is 1. The molecule has 19 heavy (non-hydrogen) atoms. The highest BCUT2D eigenvalue weighted by molar-refractivity contribution is 9.10. The predicted octanol–water partition coefficient (Wildman–Crippen LogP) is 5.63. The molecule has 1 heterocycles. The topological polar surface area (TPSA) is 9.23 Å².